The molecule has 2 atom stereocenters. The van der Waals surface area contributed by atoms with Crippen molar-refractivity contribution in [1.82, 2.24) is 9.78 Å². The molecule has 0 aliphatic heterocycles. The molecule has 2 unspecified atom stereocenters. The lowest BCUT2D eigenvalue weighted by Crippen LogP contribution is -2.29. The van der Waals surface area contributed by atoms with Gasteiger partial charge in [0.25, 0.3) is 0 Å². The predicted octanol–water partition coefficient (Wildman–Crippen LogP) is 2.10. The maximum Gasteiger partial charge on any atom is 0.341 e. The molecule has 0 amide bonds. The molecule has 1 N–H and O–H groups in total. The Kier molecular flexibility index (Phi) is 4.58. The van der Waals surface area contributed by atoms with Gasteiger partial charge in [0.05, 0.1) is 30.6 Å². The van der Waals surface area contributed by atoms with Crippen LogP contribution in [-0.2, 0) is 11.2 Å². The van der Waals surface area contributed by atoms with E-state index in [0.29, 0.717) is 18.6 Å². The van der Waals surface area contributed by atoms with Gasteiger partial charge in [0.15, 0.2) is 0 Å². The number of hydrogen-bond donors (Lipinski definition) is 1. The molecule has 19 heavy (non-hydrogen) atoms. The summed E-state index contributed by atoms with van der Waals surface area (Å²) in [6.07, 6.45) is 5.79. The van der Waals surface area contributed by atoms with E-state index in [1.807, 2.05) is 11.6 Å². The average molecular weight is 266 g/mol. The average Bonchev–Trinajstić information content (AvgIpc) is 2.83. The number of hydrogen-bond acceptors (Lipinski definition) is 4. The Bertz CT molecular complexity index is 442. The first-order valence-electron chi connectivity index (χ1n) is 7.10. The van der Waals surface area contributed by atoms with Gasteiger partial charge in [-0.1, -0.05) is 19.8 Å². The lowest BCUT2D eigenvalue weighted by Gasteiger charge is -2.29. The van der Waals surface area contributed by atoms with E-state index < -0.39 is 0 Å². The molecule has 0 radical (unpaired) electrons. The summed E-state index contributed by atoms with van der Waals surface area (Å²) in [5, 5.41) is 14.4. The Morgan fingerprint density at radius 1 is 1.47 bits per heavy atom. The van der Waals surface area contributed by atoms with Gasteiger partial charge < -0.3 is 9.84 Å². The molecule has 1 saturated carbocycles. The van der Waals surface area contributed by atoms with E-state index in [-0.39, 0.29) is 18.1 Å². The van der Waals surface area contributed by atoms with Crippen LogP contribution in [0.25, 0.3) is 0 Å². The molecule has 106 valence electrons. The zero-order chi connectivity index (χ0) is 13.8. The van der Waals surface area contributed by atoms with Crippen LogP contribution in [0.15, 0.2) is 6.20 Å². The van der Waals surface area contributed by atoms with Gasteiger partial charge in [0.1, 0.15) is 5.56 Å². The smallest absolute Gasteiger partial charge is 0.341 e. The van der Waals surface area contributed by atoms with Gasteiger partial charge in [0.2, 0.25) is 0 Å². The summed E-state index contributed by atoms with van der Waals surface area (Å²) < 4.78 is 6.87. The highest BCUT2D eigenvalue weighted by molar-refractivity contribution is 5.90. The molecule has 0 saturated heterocycles. The first-order valence-corrected chi connectivity index (χ1v) is 7.10. The highest BCUT2D eigenvalue weighted by Gasteiger charge is 2.28. The van der Waals surface area contributed by atoms with Gasteiger partial charge >= 0.3 is 5.97 Å². The third-order valence-electron chi connectivity index (χ3n) is 3.74. The zero-order valence-corrected chi connectivity index (χ0v) is 11.6. The normalized spacial score (nSPS) is 23.3. The quantitative estimate of drug-likeness (QED) is 0.848. The number of rotatable bonds is 4. The summed E-state index contributed by atoms with van der Waals surface area (Å²) in [6.45, 7) is 4.14. The van der Waals surface area contributed by atoms with Gasteiger partial charge in [-0.2, -0.15) is 5.10 Å². The highest BCUT2D eigenvalue weighted by Crippen LogP contribution is 2.30. The summed E-state index contributed by atoms with van der Waals surface area (Å²) in [5.74, 6) is -0.323. The first kappa shape index (κ1) is 14.1. The number of carbonyl (C=O) groups is 1. The number of esters is 1. The lowest BCUT2D eigenvalue weighted by molar-refractivity contribution is 0.0520. The largest absolute Gasteiger partial charge is 0.462 e. The van der Waals surface area contributed by atoms with Crippen LogP contribution in [0.3, 0.4) is 0 Å². The van der Waals surface area contributed by atoms with E-state index in [0.717, 1.165) is 31.4 Å². The number of aliphatic hydroxyl groups excluding tert-OH is 1. The molecule has 1 heterocycles. The van der Waals surface area contributed by atoms with Crippen molar-refractivity contribution in [2.24, 2.45) is 0 Å². The van der Waals surface area contributed by atoms with Crippen molar-refractivity contribution in [3.05, 3.63) is 17.5 Å². The molecule has 0 aromatic carbocycles. The Hall–Kier alpha value is -1.36. The van der Waals surface area contributed by atoms with E-state index in [9.17, 15) is 9.90 Å². The van der Waals surface area contributed by atoms with Crippen molar-refractivity contribution in [3.63, 3.8) is 0 Å². The number of carbonyl (C=O) groups excluding carboxylic acids is 1. The first-order chi connectivity index (χ1) is 9.19. The number of aromatic nitrogens is 2. The van der Waals surface area contributed by atoms with Crippen LogP contribution < -0.4 is 0 Å². The third-order valence-corrected chi connectivity index (χ3v) is 3.74. The third kappa shape index (κ3) is 2.81. The second-order valence-electron chi connectivity index (χ2n) is 4.94. The second kappa shape index (κ2) is 6.19. The van der Waals surface area contributed by atoms with Crippen molar-refractivity contribution in [2.75, 3.05) is 6.61 Å². The van der Waals surface area contributed by atoms with Crippen LogP contribution in [0.1, 0.15) is 61.6 Å². The fraction of sp³-hybridized carbons (Fsp3) is 0.714. The Morgan fingerprint density at radius 3 is 2.84 bits per heavy atom. The maximum atomic E-state index is 11.9. The maximum absolute atomic E-state index is 11.9. The van der Waals surface area contributed by atoms with Gasteiger partial charge in [-0.25, -0.2) is 4.79 Å². The van der Waals surface area contributed by atoms with Crippen molar-refractivity contribution in [1.29, 1.82) is 0 Å². The number of aliphatic hydroxyl groups is 1. The Balaban J connectivity index is 2.28. The minimum Gasteiger partial charge on any atom is -0.462 e. The zero-order valence-electron chi connectivity index (χ0n) is 11.6. The molecule has 5 nitrogen and oxygen atoms in total. The molecular weight excluding hydrogens is 244 g/mol. The molecule has 1 aliphatic carbocycles. The Morgan fingerprint density at radius 2 is 2.21 bits per heavy atom. The van der Waals surface area contributed by atoms with Crippen LogP contribution >= 0.6 is 0 Å². The van der Waals surface area contributed by atoms with Crippen LogP contribution in [0.5, 0.6) is 0 Å². The van der Waals surface area contributed by atoms with E-state index in [2.05, 4.69) is 5.10 Å². The summed E-state index contributed by atoms with van der Waals surface area (Å²) in [6, 6.07) is -0.00752. The fourth-order valence-corrected chi connectivity index (χ4v) is 2.78. The predicted molar refractivity (Wildman–Crippen MR) is 71.1 cm³/mol. The van der Waals surface area contributed by atoms with Crippen molar-refractivity contribution in [2.45, 2.75) is 58.1 Å². The van der Waals surface area contributed by atoms with E-state index in [1.54, 1.807) is 13.1 Å². The van der Waals surface area contributed by atoms with E-state index in [1.165, 1.54) is 0 Å². The van der Waals surface area contributed by atoms with Gasteiger partial charge in [-0.15, -0.1) is 0 Å². The monoisotopic (exact) mass is 266 g/mol. The topological polar surface area (TPSA) is 64.3 Å². The van der Waals surface area contributed by atoms with Crippen LogP contribution in [-0.4, -0.2) is 33.6 Å². The molecule has 1 aromatic heterocycles. The van der Waals surface area contributed by atoms with Gasteiger partial charge in [-0.3, -0.25) is 4.68 Å². The van der Waals surface area contributed by atoms with Gasteiger partial charge in [0, 0.05) is 0 Å². The summed E-state index contributed by atoms with van der Waals surface area (Å²) in [4.78, 5) is 11.9. The summed E-state index contributed by atoms with van der Waals surface area (Å²) in [7, 11) is 0. The summed E-state index contributed by atoms with van der Waals surface area (Å²) in [5.41, 5.74) is 1.39. The molecule has 1 fully saturated rings. The van der Waals surface area contributed by atoms with E-state index in [4.69, 9.17) is 4.74 Å². The number of ether oxygens (including phenoxy) is 1. The molecule has 1 aliphatic rings. The van der Waals surface area contributed by atoms with Crippen LogP contribution in [0.2, 0.25) is 0 Å². The fourth-order valence-electron chi connectivity index (χ4n) is 2.78. The van der Waals surface area contributed by atoms with Crippen molar-refractivity contribution >= 4 is 5.97 Å². The number of nitrogens with zero attached hydrogens (tertiary/aromatic N) is 2. The highest BCUT2D eigenvalue weighted by atomic mass is 16.5. The molecule has 0 spiro atoms. The molecule has 5 heteroatoms. The molecule has 2 rings (SSSR count). The molecular formula is C14H22N2O3. The molecule has 0 bridgehead atoms. The standard InChI is InChI=1S/C14H22N2O3/c1-3-11-10(14(18)19-4-2)9-15-16(11)12-7-5-6-8-13(12)17/h9,12-13,17H,3-8H2,1-2H3. The van der Waals surface area contributed by atoms with Crippen molar-refractivity contribution in [3.8, 4) is 0 Å². The van der Waals surface area contributed by atoms with E-state index >= 15 is 0 Å². The van der Waals surface area contributed by atoms with Gasteiger partial charge in [-0.05, 0) is 26.2 Å². The van der Waals surface area contributed by atoms with Crippen molar-refractivity contribution < 1.29 is 14.6 Å². The van der Waals surface area contributed by atoms with Crippen LogP contribution in [0.4, 0.5) is 0 Å². The second-order valence-corrected chi connectivity index (χ2v) is 4.94. The lowest BCUT2D eigenvalue weighted by atomic mass is 9.92. The SMILES string of the molecule is CCOC(=O)c1cnn(C2CCCCC2O)c1CC. The molecule has 1 aromatic rings. The minimum atomic E-state index is -0.367. The summed E-state index contributed by atoms with van der Waals surface area (Å²) >= 11 is 0. The van der Waals surface area contributed by atoms with Crippen LogP contribution in [0, 0.1) is 0 Å². The Labute approximate surface area is 113 Å². The minimum absolute atomic E-state index is 0.00752.